The molecule has 0 radical (unpaired) electrons. The van der Waals surface area contributed by atoms with E-state index in [2.05, 4.69) is 4.98 Å². The number of hydrogen-bond donors (Lipinski definition) is 1. The van der Waals surface area contributed by atoms with Crippen LogP contribution in [0.1, 0.15) is 24.4 Å². The van der Waals surface area contributed by atoms with E-state index in [-0.39, 0.29) is 11.9 Å². The Hall–Kier alpha value is -1.68. The van der Waals surface area contributed by atoms with Crippen LogP contribution in [0, 0.1) is 5.82 Å². The summed E-state index contributed by atoms with van der Waals surface area (Å²) in [5, 5.41) is 0. The summed E-state index contributed by atoms with van der Waals surface area (Å²) < 4.78 is 15.0. The van der Waals surface area contributed by atoms with Crippen LogP contribution in [0.3, 0.4) is 0 Å². The summed E-state index contributed by atoms with van der Waals surface area (Å²) in [5.41, 5.74) is 6.79. The summed E-state index contributed by atoms with van der Waals surface area (Å²) in [5.74, 6) is 0.482. The quantitative estimate of drug-likeness (QED) is 0.859. The van der Waals surface area contributed by atoms with Gasteiger partial charge < -0.3 is 10.3 Å². The van der Waals surface area contributed by atoms with Crippen molar-refractivity contribution in [1.29, 1.82) is 0 Å². The van der Waals surface area contributed by atoms with Gasteiger partial charge in [0.2, 0.25) is 0 Å². The van der Waals surface area contributed by atoms with Gasteiger partial charge in [0.1, 0.15) is 11.6 Å². The lowest BCUT2D eigenvalue weighted by Gasteiger charge is -2.13. The Balaban J connectivity index is 2.35. The molecule has 3 nitrogen and oxygen atoms in total. The van der Waals surface area contributed by atoms with Crippen LogP contribution in [-0.2, 0) is 6.54 Å². The zero-order valence-electron chi connectivity index (χ0n) is 9.10. The average molecular weight is 219 g/mol. The maximum atomic E-state index is 13.1. The molecule has 0 saturated heterocycles. The lowest BCUT2D eigenvalue weighted by Crippen LogP contribution is -2.17. The predicted octanol–water partition coefficient (Wildman–Crippen LogP) is 2.09. The first kappa shape index (κ1) is 10.8. The van der Waals surface area contributed by atoms with Crippen molar-refractivity contribution >= 4 is 0 Å². The number of hydrogen-bond acceptors (Lipinski definition) is 2. The van der Waals surface area contributed by atoms with Crippen LogP contribution in [0.2, 0.25) is 0 Å². The SMILES string of the molecule is CCn1ccnc1C(N)c1cccc(F)c1. The smallest absolute Gasteiger partial charge is 0.130 e. The number of nitrogens with zero attached hydrogens (tertiary/aromatic N) is 2. The maximum Gasteiger partial charge on any atom is 0.130 e. The van der Waals surface area contributed by atoms with E-state index in [1.165, 1.54) is 12.1 Å². The third-order valence-electron chi connectivity index (χ3n) is 2.57. The molecule has 0 amide bonds. The molecule has 4 heteroatoms. The molecule has 1 heterocycles. The molecule has 1 atom stereocenters. The lowest BCUT2D eigenvalue weighted by atomic mass is 10.1. The Kier molecular flexibility index (Phi) is 3.01. The minimum atomic E-state index is -0.384. The second kappa shape index (κ2) is 4.45. The molecule has 2 aromatic rings. The Morgan fingerprint density at radius 3 is 3.00 bits per heavy atom. The molecule has 84 valence electrons. The monoisotopic (exact) mass is 219 g/mol. The number of aromatic nitrogens is 2. The fourth-order valence-electron chi connectivity index (χ4n) is 1.72. The number of aryl methyl sites for hydroxylation is 1. The number of nitrogens with two attached hydrogens (primary N) is 1. The average Bonchev–Trinajstić information content (AvgIpc) is 2.76. The molecule has 2 N–H and O–H groups in total. The third kappa shape index (κ3) is 1.97. The maximum absolute atomic E-state index is 13.1. The van der Waals surface area contributed by atoms with E-state index >= 15 is 0 Å². The highest BCUT2D eigenvalue weighted by molar-refractivity contribution is 5.25. The summed E-state index contributed by atoms with van der Waals surface area (Å²) in [4.78, 5) is 4.21. The van der Waals surface area contributed by atoms with Gasteiger partial charge in [-0.3, -0.25) is 0 Å². The molecule has 0 aliphatic heterocycles. The standard InChI is InChI=1S/C12H14FN3/c1-2-16-7-6-15-12(16)11(14)9-4-3-5-10(13)8-9/h3-8,11H,2,14H2,1H3. The molecule has 2 rings (SSSR count). The Morgan fingerprint density at radius 1 is 1.50 bits per heavy atom. The molecular formula is C12H14FN3. The van der Waals surface area contributed by atoms with Gasteiger partial charge in [-0.1, -0.05) is 12.1 Å². The first-order valence-electron chi connectivity index (χ1n) is 5.24. The molecule has 0 fully saturated rings. The Morgan fingerprint density at radius 2 is 2.31 bits per heavy atom. The fourth-order valence-corrected chi connectivity index (χ4v) is 1.72. The van der Waals surface area contributed by atoms with Gasteiger partial charge in [-0.2, -0.15) is 0 Å². The predicted molar refractivity (Wildman–Crippen MR) is 60.3 cm³/mol. The minimum Gasteiger partial charge on any atom is -0.334 e. The molecule has 1 unspecified atom stereocenters. The Bertz CT molecular complexity index is 479. The van der Waals surface area contributed by atoms with Crippen LogP contribution >= 0.6 is 0 Å². The second-order valence-electron chi connectivity index (χ2n) is 3.60. The second-order valence-corrected chi connectivity index (χ2v) is 3.60. The van der Waals surface area contributed by atoms with E-state index in [1.54, 1.807) is 12.3 Å². The van der Waals surface area contributed by atoms with Gasteiger partial charge in [0.15, 0.2) is 0 Å². The normalized spacial score (nSPS) is 12.7. The van der Waals surface area contributed by atoms with E-state index in [0.717, 1.165) is 17.9 Å². The van der Waals surface area contributed by atoms with Crippen LogP contribution in [0.5, 0.6) is 0 Å². The highest BCUT2D eigenvalue weighted by Gasteiger charge is 2.14. The number of rotatable bonds is 3. The molecule has 1 aromatic carbocycles. The van der Waals surface area contributed by atoms with Crippen LogP contribution in [-0.4, -0.2) is 9.55 Å². The fraction of sp³-hybridized carbons (Fsp3) is 0.250. The van der Waals surface area contributed by atoms with Gasteiger partial charge >= 0.3 is 0 Å². The molecule has 0 spiro atoms. The molecule has 16 heavy (non-hydrogen) atoms. The van der Waals surface area contributed by atoms with Crippen molar-refractivity contribution in [3.05, 3.63) is 53.9 Å². The van der Waals surface area contributed by atoms with Crippen molar-refractivity contribution in [2.24, 2.45) is 5.73 Å². The summed E-state index contributed by atoms with van der Waals surface area (Å²) in [6.45, 7) is 2.82. The highest BCUT2D eigenvalue weighted by Crippen LogP contribution is 2.18. The zero-order chi connectivity index (χ0) is 11.5. The van der Waals surface area contributed by atoms with Crippen LogP contribution in [0.15, 0.2) is 36.7 Å². The van der Waals surface area contributed by atoms with Crippen LogP contribution in [0.25, 0.3) is 0 Å². The van der Waals surface area contributed by atoms with Crippen molar-refractivity contribution in [3.8, 4) is 0 Å². The molecule has 0 aliphatic rings. The van der Waals surface area contributed by atoms with E-state index < -0.39 is 0 Å². The minimum absolute atomic E-state index is 0.275. The van der Waals surface area contributed by atoms with Crippen molar-refractivity contribution in [2.45, 2.75) is 19.5 Å². The first-order chi connectivity index (χ1) is 7.72. The van der Waals surface area contributed by atoms with Gasteiger partial charge in [0.05, 0.1) is 6.04 Å². The van der Waals surface area contributed by atoms with Gasteiger partial charge in [-0.05, 0) is 24.6 Å². The molecular weight excluding hydrogens is 205 g/mol. The van der Waals surface area contributed by atoms with Gasteiger partial charge in [0, 0.05) is 18.9 Å². The van der Waals surface area contributed by atoms with Crippen LogP contribution < -0.4 is 5.73 Å². The topological polar surface area (TPSA) is 43.8 Å². The molecule has 0 aliphatic carbocycles. The molecule has 1 aromatic heterocycles. The largest absolute Gasteiger partial charge is 0.334 e. The van der Waals surface area contributed by atoms with Crippen molar-refractivity contribution in [1.82, 2.24) is 9.55 Å². The highest BCUT2D eigenvalue weighted by atomic mass is 19.1. The van der Waals surface area contributed by atoms with Gasteiger partial charge in [-0.25, -0.2) is 9.37 Å². The van der Waals surface area contributed by atoms with Crippen molar-refractivity contribution < 1.29 is 4.39 Å². The summed E-state index contributed by atoms with van der Waals surface area (Å²) in [6.07, 6.45) is 3.58. The first-order valence-corrected chi connectivity index (χ1v) is 5.24. The lowest BCUT2D eigenvalue weighted by molar-refractivity contribution is 0.616. The molecule has 0 saturated carbocycles. The van der Waals surface area contributed by atoms with Gasteiger partial charge in [-0.15, -0.1) is 0 Å². The van der Waals surface area contributed by atoms with Crippen LogP contribution in [0.4, 0.5) is 4.39 Å². The van der Waals surface area contributed by atoms with E-state index in [0.29, 0.717) is 0 Å². The Labute approximate surface area is 93.7 Å². The zero-order valence-corrected chi connectivity index (χ0v) is 9.10. The summed E-state index contributed by atoms with van der Waals surface area (Å²) in [6, 6.07) is 5.93. The van der Waals surface area contributed by atoms with Gasteiger partial charge in [0.25, 0.3) is 0 Å². The third-order valence-corrected chi connectivity index (χ3v) is 2.57. The van der Waals surface area contributed by atoms with E-state index in [4.69, 9.17) is 5.73 Å². The van der Waals surface area contributed by atoms with Crippen molar-refractivity contribution in [3.63, 3.8) is 0 Å². The molecule has 0 bridgehead atoms. The summed E-state index contributed by atoms with van der Waals surface area (Å²) >= 11 is 0. The van der Waals surface area contributed by atoms with E-state index in [1.807, 2.05) is 23.8 Å². The number of benzene rings is 1. The van der Waals surface area contributed by atoms with Crippen molar-refractivity contribution in [2.75, 3.05) is 0 Å². The van der Waals surface area contributed by atoms with E-state index in [9.17, 15) is 4.39 Å². The number of halogens is 1. The number of imidazole rings is 1. The summed E-state index contributed by atoms with van der Waals surface area (Å²) in [7, 11) is 0.